The Balaban J connectivity index is 2.29. The molecule has 2 unspecified atom stereocenters. The van der Waals surface area contributed by atoms with Gasteiger partial charge in [0.1, 0.15) is 0 Å². The van der Waals surface area contributed by atoms with Gasteiger partial charge in [-0.3, -0.25) is 0 Å². The molecule has 13 heavy (non-hydrogen) atoms. The lowest BCUT2D eigenvalue weighted by molar-refractivity contribution is 0.342. The van der Waals surface area contributed by atoms with Gasteiger partial charge in [-0.15, -0.1) is 6.58 Å². The minimum atomic E-state index is 0.452. The molecule has 1 heterocycles. The highest BCUT2D eigenvalue weighted by Gasteiger charge is 2.14. The van der Waals surface area contributed by atoms with Gasteiger partial charge in [0.2, 0.25) is 0 Å². The topological polar surface area (TPSA) is 15.3 Å². The summed E-state index contributed by atoms with van der Waals surface area (Å²) in [7, 11) is 2.21. The van der Waals surface area contributed by atoms with Gasteiger partial charge in [-0.2, -0.15) is 0 Å². The van der Waals surface area contributed by atoms with Gasteiger partial charge in [-0.1, -0.05) is 6.08 Å². The van der Waals surface area contributed by atoms with Crippen molar-refractivity contribution in [2.24, 2.45) is 0 Å². The molecule has 2 heteroatoms. The molecule has 0 amide bonds. The molecule has 0 spiro atoms. The maximum atomic E-state index is 3.79. The minimum Gasteiger partial charge on any atom is -0.308 e. The first-order valence-corrected chi connectivity index (χ1v) is 5.29. The number of likely N-dealkylation sites (tertiary alicyclic amines) is 1. The third kappa shape index (κ3) is 3.92. The normalized spacial score (nSPS) is 28.0. The molecule has 1 saturated heterocycles. The quantitative estimate of drug-likeness (QED) is 0.667. The highest BCUT2D eigenvalue weighted by atomic mass is 15.1. The SMILES string of the molecule is C=CC(C)NC1CCCN(C)CC1. The van der Waals surface area contributed by atoms with Crippen LogP contribution in [-0.2, 0) is 0 Å². The molecule has 76 valence electrons. The van der Waals surface area contributed by atoms with Crippen molar-refractivity contribution < 1.29 is 0 Å². The molecule has 1 aliphatic rings. The van der Waals surface area contributed by atoms with Crippen LogP contribution in [0.3, 0.4) is 0 Å². The van der Waals surface area contributed by atoms with Gasteiger partial charge >= 0.3 is 0 Å². The molecule has 1 N–H and O–H groups in total. The minimum absolute atomic E-state index is 0.452. The van der Waals surface area contributed by atoms with Gasteiger partial charge in [0, 0.05) is 12.1 Å². The van der Waals surface area contributed by atoms with Crippen LogP contribution in [0, 0.1) is 0 Å². The summed E-state index contributed by atoms with van der Waals surface area (Å²) in [5.74, 6) is 0. The highest BCUT2D eigenvalue weighted by Crippen LogP contribution is 2.10. The average molecular weight is 182 g/mol. The van der Waals surface area contributed by atoms with Crippen molar-refractivity contribution in [3.05, 3.63) is 12.7 Å². The van der Waals surface area contributed by atoms with Gasteiger partial charge in [0.15, 0.2) is 0 Å². The highest BCUT2D eigenvalue weighted by molar-refractivity contribution is 4.85. The van der Waals surface area contributed by atoms with Crippen molar-refractivity contribution in [1.82, 2.24) is 10.2 Å². The van der Waals surface area contributed by atoms with Crippen LogP contribution in [-0.4, -0.2) is 37.1 Å². The van der Waals surface area contributed by atoms with E-state index >= 15 is 0 Å². The molecule has 2 nitrogen and oxygen atoms in total. The standard InChI is InChI=1S/C11H22N2/c1-4-10(2)12-11-6-5-8-13(3)9-7-11/h4,10-12H,1,5-9H2,2-3H3. The third-order valence-corrected chi connectivity index (χ3v) is 2.80. The largest absolute Gasteiger partial charge is 0.308 e. The van der Waals surface area contributed by atoms with E-state index in [0.29, 0.717) is 12.1 Å². The third-order valence-electron chi connectivity index (χ3n) is 2.80. The number of rotatable bonds is 3. The van der Waals surface area contributed by atoms with Crippen LogP contribution in [0.5, 0.6) is 0 Å². The van der Waals surface area contributed by atoms with E-state index in [2.05, 4.69) is 30.8 Å². The molecule has 0 bridgehead atoms. The van der Waals surface area contributed by atoms with Crippen LogP contribution < -0.4 is 5.32 Å². The van der Waals surface area contributed by atoms with Crippen LogP contribution in [0.1, 0.15) is 26.2 Å². The zero-order chi connectivity index (χ0) is 9.68. The molecule has 1 aliphatic heterocycles. The first-order valence-electron chi connectivity index (χ1n) is 5.29. The summed E-state index contributed by atoms with van der Waals surface area (Å²) in [5, 5.41) is 3.58. The van der Waals surface area contributed by atoms with Crippen molar-refractivity contribution in [2.45, 2.75) is 38.3 Å². The summed E-state index contributed by atoms with van der Waals surface area (Å²) in [6, 6.07) is 1.14. The van der Waals surface area contributed by atoms with Crippen LogP contribution in [0.25, 0.3) is 0 Å². The molecule has 0 saturated carbocycles. The Morgan fingerprint density at radius 1 is 1.46 bits per heavy atom. The second-order valence-corrected chi connectivity index (χ2v) is 4.12. The number of hydrogen-bond acceptors (Lipinski definition) is 2. The lowest BCUT2D eigenvalue weighted by Crippen LogP contribution is -2.35. The van der Waals surface area contributed by atoms with Crippen molar-refractivity contribution in [3.8, 4) is 0 Å². The Labute approximate surface area is 82.0 Å². The van der Waals surface area contributed by atoms with Crippen LogP contribution in [0.4, 0.5) is 0 Å². The molecular weight excluding hydrogens is 160 g/mol. The Hall–Kier alpha value is -0.340. The molecule has 1 fully saturated rings. The Kier molecular flexibility index (Phi) is 4.46. The second kappa shape index (κ2) is 5.40. The fourth-order valence-electron chi connectivity index (χ4n) is 1.85. The van der Waals surface area contributed by atoms with Crippen LogP contribution in [0.2, 0.25) is 0 Å². The summed E-state index contributed by atoms with van der Waals surface area (Å²) in [6.45, 7) is 8.43. The summed E-state index contributed by atoms with van der Waals surface area (Å²) in [6.07, 6.45) is 5.88. The first-order chi connectivity index (χ1) is 6.22. The second-order valence-electron chi connectivity index (χ2n) is 4.12. The van der Waals surface area contributed by atoms with E-state index in [9.17, 15) is 0 Å². The monoisotopic (exact) mass is 182 g/mol. The van der Waals surface area contributed by atoms with E-state index in [-0.39, 0.29) is 0 Å². The van der Waals surface area contributed by atoms with E-state index in [1.807, 2.05) is 6.08 Å². The van der Waals surface area contributed by atoms with E-state index in [0.717, 1.165) is 0 Å². The van der Waals surface area contributed by atoms with E-state index < -0.39 is 0 Å². The predicted octanol–water partition coefficient (Wildman–Crippen LogP) is 1.63. The molecule has 2 atom stereocenters. The Morgan fingerprint density at radius 2 is 2.23 bits per heavy atom. The smallest absolute Gasteiger partial charge is 0.0221 e. The summed E-state index contributed by atoms with van der Waals surface area (Å²) in [4.78, 5) is 2.42. The van der Waals surface area contributed by atoms with Gasteiger partial charge in [-0.25, -0.2) is 0 Å². The van der Waals surface area contributed by atoms with Crippen molar-refractivity contribution in [3.63, 3.8) is 0 Å². The van der Waals surface area contributed by atoms with Gasteiger partial charge in [-0.05, 0) is 46.3 Å². The van der Waals surface area contributed by atoms with E-state index in [1.165, 1.54) is 32.4 Å². The van der Waals surface area contributed by atoms with Gasteiger partial charge in [0.05, 0.1) is 0 Å². The maximum Gasteiger partial charge on any atom is 0.0221 e. The number of hydrogen-bond donors (Lipinski definition) is 1. The zero-order valence-corrected chi connectivity index (χ0v) is 8.92. The van der Waals surface area contributed by atoms with Crippen molar-refractivity contribution in [1.29, 1.82) is 0 Å². The average Bonchev–Trinajstić information content (AvgIpc) is 2.31. The van der Waals surface area contributed by atoms with Crippen molar-refractivity contribution in [2.75, 3.05) is 20.1 Å². The van der Waals surface area contributed by atoms with Crippen LogP contribution >= 0.6 is 0 Å². The lowest BCUT2D eigenvalue weighted by Gasteiger charge is -2.19. The zero-order valence-electron chi connectivity index (χ0n) is 8.92. The fourth-order valence-corrected chi connectivity index (χ4v) is 1.85. The summed E-state index contributed by atoms with van der Waals surface area (Å²) in [5.41, 5.74) is 0. The lowest BCUT2D eigenvalue weighted by atomic mass is 10.1. The number of nitrogens with zero attached hydrogens (tertiary/aromatic N) is 1. The molecular formula is C11H22N2. The summed E-state index contributed by atoms with van der Waals surface area (Å²) < 4.78 is 0. The first kappa shape index (κ1) is 10.7. The molecule has 0 aromatic carbocycles. The molecule has 0 aromatic rings. The number of nitrogens with one attached hydrogen (secondary N) is 1. The van der Waals surface area contributed by atoms with Gasteiger partial charge in [0.25, 0.3) is 0 Å². The Morgan fingerprint density at radius 3 is 2.92 bits per heavy atom. The molecule has 0 aromatic heterocycles. The molecule has 0 aliphatic carbocycles. The van der Waals surface area contributed by atoms with Crippen LogP contribution in [0.15, 0.2) is 12.7 Å². The molecule has 0 radical (unpaired) electrons. The van der Waals surface area contributed by atoms with Gasteiger partial charge < -0.3 is 10.2 Å². The van der Waals surface area contributed by atoms with E-state index in [4.69, 9.17) is 0 Å². The summed E-state index contributed by atoms with van der Waals surface area (Å²) >= 11 is 0. The van der Waals surface area contributed by atoms with Crippen molar-refractivity contribution >= 4 is 0 Å². The molecule has 1 rings (SSSR count). The predicted molar refractivity (Wildman–Crippen MR) is 57.9 cm³/mol. The maximum absolute atomic E-state index is 3.79. The van der Waals surface area contributed by atoms with E-state index in [1.54, 1.807) is 0 Å². The fraction of sp³-hybridized carbons (Fsp3) is 0.818. The Bertz CT molecular complexity index is 156.